The number of imide groups is 1. The number of carboxylic acids is 1. The molecule has 6 atom stereocenters. The lowest BCUT2D eigenvalue weighted by molar-refractivity contribution is -0.172. The quantitative estimate of drug-likeness (QED) is 0.0852. The van der Waals surface area contributed by atoms with E-state index in [-0.39, 0.29) is 0 Å². The van der Waals surface area contributed by atoms with E-state index in [0.717, 1.165) is 5.56 Å². The molecule has 2 amide bonds. The number of amides is 2. The molecule has 12 heteroatoms. The third kappa shape index (κ3) is 8.16. The Hall–Kier alpha value is -5.56. The van der Waals surface area contributed by atoms with Gasteiger partial charge in [-0.2, -0.15) is 0 Å². The van der Waals surface area contributed by atoms with Crippen molar-refractivity contribution in [3.63, 3.8) is 0 Å². The fourth-order valence-corrected chi connectivity index (χ4v) is 8.11. The summed E-state index contributed by atoms with van der Waals surface area (Å²) in [5, 5.41) is 9.25. The number of anilines is 1. The van der Waals surface area contributed by atoms with Gasteiger partial charge in [0.05, 0.1) is 44.6 Å². The van der Waals surface area contributed by atoms with Crippen LogP contribution in [0.1, 0.15) is 50.3 Å². The van der Waals surface area contributed by atoms with Crippen molar-refractivity contribution >= 4 is 29.4 Å². The van der Waals surface area contributed by atoms with Crippen molar-refractivity contribution < 1.29 is 48.0 Å². The Labute approximate surface area is 333 Å². The number of carbonyl (C=O) groups excluding carboxylic acids is 3. The van der Waals surface area contributed by atoms with Gasteiger partial charge in [0.1, 0.15) is 35.4 Å². The largest absolute Gasteiger partial charge is 0.497 e. The number of para-hydroxylation sites is 1. The van der Waals surface area contributed by atoms with E-state index in [0.29, 0.717) is 28.3 Å². The zero-order valence-corrected chi connectivity index (χ0v) is 32.9. The maximum absolute atomic E-state index is 14.1. The van der Waals surface area contributed by atoms with Gasteiger partial charge in [0.25, 0.3) is 0 Å². The highest BCUT2D eigenvalue weighted by Crippen LogP contribution is 2.54. The number of methoxy groups -OCH3 is 2. The van der Waals surface area contributed by atoms with Gasteiger partial charge < -0.3 is 33.7 Å². The van der Waals surface area contributed by atoms with Crippen LogP contribution >= 0.6 is 0 Å². The van der Waals surface area contributed by atoms with Gasteiger partial charge in [0.15, 0.2) is 6.10 Å². The van der Waals surface area contributed by atoms with Crippen LogP contribution < -0.4 is 14.4 Å². The van der Waals surface area contributed by atoms with E-state index < -0.39 is 78.4 Å². The van der Waals surface area contributed by atoms with E-state index >= 15 is 0 Å². The van der Waals surface area contributed by atoms with Gasteiger partial charge in [-0.15, -0.1) is 0 Å². The van der Waals surface area contributed by atoms with Crippen molar-refractivity contribution in [2.24, 2.45) is 11.8 Å². The molecule has 4 aromatic rings. The summed E-state index contributed by atoms with van der Waals surface area (Å²) >= 11 is 0. The molecule has 0 aromatic heterocycles. The Morgan fingerprint density at radius 3 is 1.56 bits per heavy atom. The number of ether oxygens (including phenoxy) is 5. The molecule has 0 radical (unpaired) electrons. The van der Waals surface area contributed by atoms with Crippen LogP contribution in [0.5, 0.6) is 11.5 Å². The molecule has 0 aliphatic carbocycles. The highest BCUT2D eigenvalue weighted by molar-refractivity contribution is 6.23. The van der Waals surface area contributed by atoms with Crippen molar-refractivity contribution in [1.29, 1.82) is 0 Å². The average Bonchev–Trinajstić information content (AvgIpc) is 3.88. The molecule has 300 valence electrons. The molecule has 4 aromatic carbocycles. The van der Waals surface area contributed by atoms with Gasteiger partial charge in [0, 0.05) is 0 Å². The fraction of sp³-hybridized carbons (Fsp3) is 0.378. The highest BCUT2D eigenvalue weighted by atomic mass is 16.6. The van der Waals surface area contributed by atoms with E-state index in [2.05, 4.69) is 25.7 Å². The number of carbonyl (C=O) groups is 4. The van der Waals surface area contributed by atoms with Crippen LogP contribution in [0.3, 0.4) is 0 Å². The molecular weight excluding hydrogens is 728 g/mol. The van der Waals surface area contributed by atoms with E-state index in [1.54, 1.807) is 44.6 Å². The first-order valence-electron chi connectivity index (χ1n) is 19.4. The van der Waals surface area contributed by atoms with Crippen LogP contribution in [0.25, 0.3) is 0 Å². The molecule has 3 aliphatic heterocycles. The van der Waals surface area contributed by atoms with Crippen LogP contribution in [0, 0.1) is 11.8 Å². The van der Waals surface area contributed by atoms with Crippen LogP contribution in [0.4, 0.5) is 5.69 Å². The Balaban J connectivity index is 0.000000719. The van der Waals surface area contributed by atoms with Crippen LogP contribution in [0.2, 0.25) is 0 Å². The summed E-state index contributed by atoms with van der Waals surface area (Å²) in [6, 6.07) is 32.9. The standard InChI is InChI=1S/C39H35NO10.C6H15N/c1-46-27-17-13-24(14-18-27)39(23-9-5-3-6-10-23,25-15-19-28(47-2)20-16-25)50-36-34-32-31(33(49-34)35(36)48-30(43)22-21-29(41)42)37(44)40(38(32)45)26-11-7-4-8-12-26;1-4-7(5-2)6-3/h3-20,31-36H,21-22H2,1-2H3,(H,41,42);4-6H2,1-3H3/t31-,32+,33+,34-,35+,36-;/m1./s1. The monoisotopic (exact) mass is 778 g/mol. The molecule has 12 nitrogen and oxygen atoms in total. The van der Waals surface area contributed by atoms with Crippen molar-refractivity contribution in [2.45, 2.75) is 63.6 Å². The molecule has 3 fully saturated rings. The number of aliphatic carboxylic acids is 1. The van der Waals surface area contributed by atoms with Gasteiger partial charge in [-0.1, -0.05) is 93.6 Å². The Morgan fingerprint density at radius 1 is 0.667 bits per heavy atom. The number of nitrogens with zero attached hydrogens (tertiary/aromatic N) is 2. The zero-order valence-electron chi connectivity index (χ0n) is 32.9. The first-order chi connectivity index (χ1) is 27.6. The molecule has 3 heterocycles. The summed E-state index contributed by atoms with van der Waals surface area (Å²) in [5.74, 6) is -3.42. The summed E-state index contributed by atoms with van der Waals surface area (Å²) < 4.78 is 30.7. The van der Waals surface area contributed by atoms with Gasteiger partial charge in [-0.25, -0.2) is 4.90 Å². The molecule has 0 spiro atoms. The van der Waals surface area contributed by atoms with E-state index in [1.165, 1.54) is 24.5 Å². The second-order valence-electron chi connectivity index (χ2n) is 14.0. The summed E-state index contributed by atoms with van der Waals surface area (Å²) in [7, 11) is 3.15. The minimum Gasteiger partial charge on any atom is -0.497 e. The van der Waals surface area contributed by atoms with Crippen LogP contribution in [-0.2, 0) is 39.0 Å². The molecule has 2 bridgehead atoms. The highest BCUT2D eigenvalue weighted by Gasteiger charge is 2.71. The summed E-state index contributed by atoms with van der Waals surface area (Å²) in [6.07, 6.45) is -5.04. The Morgan fingerprint density at radius 2 is 1.12 bits per heavy atom. The number of rotatable bonds is 15. The molecule has 3 saturated heterocycles. The second-order valence-corrected chi connectivity index (χ2v) is 14.0. The third-order valence-corrected chi connectivity index (χ3v) is 11.0. The first-order valence-corrected chi connectivity index (χ1v) is 19.4. The number of fused-ring (bicyclic) bond motifs is 5. The predicted octanol–water partition coefficient (Wildman–Crippen LogP) is 6.09. The van der Waals surface area contributed by atoms with Crippen molar-refractivity contribution in [1.82, 2.24) is 4.90 Å². The van der Waals surface area contributed by atoms with Gasteiger partial charge in [-0.3, -0.25) is 19.2 Å². The fourth-order valence-electron chi connectivity index (χ4n) is 8.11. The van der Waals surface area contributed by atoms with Crippen molar-refractivity contribution in [3.8, 4) is 11.5 Å². The number of hydrogen-bond donors (Lipinski definition) is 1. The van der Waals surface area contributed by atoms with Gasteiger partial charge in [-0.05, 0) is 72.7 Å². The number of benzene rings is 4. The Bertz CT molecular complexity index is 1930. The molecule has 57 heavy (non-hydrogen) atoms. The van der Waals surface area contributed by atoms with Gasteiger partial charge >= 0.3 is 11.9 Å². The smallest absolute Gasteiger partial charge is 0.306 e. The number of hydrogen-bond acceptors (Lipinski definition) is 10. The Kier molecular flexibility index (Phi) is 13.1. The molecular formula is C45H50N2O10. The molecule has 0 saturated carbocycles. The van der Waals surface area contributed by atoms with Gasteiger partial charge in [0.2, 0.25) is 11.8 Å². The maximum atomic E-state index is 14.1. The van der Waals surface area contributed by atoms with E-state index in [9.17, 15) is 24.3 Å². The summed E-state index contributed by atoms with van der Waals surface area (Å²) in [6.45, 7) is 10.1. The van der Waals surface area contributed by atoms with Crippen LogP contribution in [0.15, 0.2) is 109 Å². The topological polar surface area (TPSA) is 141 Å². The van der Waals surface area contributed by atoms with E-state index in [4.69, 9.17) is 23.7 Å². The zero-order chi connectivity index (χ0) is 40.7. The lowest BCUT2D eigenvalue weighted by Crippen LogP contribution is -2.54. The van der Waals surface area contributed by atoms with Crippen LogP contribution in [-0.4, -0.2) is 92.0 Å². The maximum Gasteiger partial charge on any atom is 0.306 e. The lowest BCUT2D eigenvalue weighted by Gasteiger charge is -2.42. The predicted molar refractivity (Wildman–Crippen MR) is 212 cm³/mol. The van der Waals surface area contributed by atoms with Crippen molar-refractivity contribution in [2.75, 3.05) is 38.8 Å². The normalized spacial score (nSPS) is 22.2. The second kappa shape index (κ2) is 18.1. The summed E-state index contributed by atoms with van der Waals surface area (Å²) in [5.41, 5.74) is 1.18. The minimum absolute atomic E-state index is 0.395. The summed E-state index contributed by atoms with van der Waals surface area (Å²) in [4.78, 5) is 56.1. The minimum atomic E-state index is -1.37. The molecule has 1 N–H and O–H groups in total. The first kappa shape index (κ1) is 41.1. The molecule has 3 aliphatic rings. The van der Waals surface area contributed by atoms with E-state index in [1.807, 2.05) is 78.9 Å². The number of esters is 1. The lowest BCUT2D eigenvalue weighted by atomic mass is 9.76. The third-order valence-electron chi connectivity index (χ3n) is 11.0. The average molecular weight is 779 g/mol. The molecule has 0 unspecified atom stereocenters. The van der Waals surface area contributed by atoms with Crippen molar-refractivity contribution in [3.05, 3.63) is 126 Å². The SMILES string of the molecule is CCN(CC)CC.COc1ccc(C(O[C@H]2[C@@H](OC(=O)CCC(=O)O)[C@H]3O[C@@H]2[C@H]2C(=O)N(c4ccccc4)C(=O)[C@@H]32)(c2ccccc2)c2ccc(OC)cc2)cc1. The molecule has 7 rings (SSSR count). The number of carboxylic acid groups (broad SMARTS) is 1.